The third-order valence-corrected chi connectivity index (χ3v) is 6.78. The van der Waals surface area contributed by atoms with Gasteiger partial charge in [-0.3, -0.25) is 4.79 Å². The third kappa shape index (κ3) is 5.26. The van der Waals surface area contributed by atoms with Gasteiger partial charge in [-0.2, -0.15) is 17.5 Å². The largest absolute Gasteiger partial charge is 0.471 e. The third-order valence-electron chi connectivity index (χ3n) is 4.88. The number of halogens is 3. The van der Waals surface area contributed by atoms with Crippen molar-refractivity contribution in [3.05, 3.63) is 42.5 Å². The lowest BCUT2D eigenvalue weighted by molar-refractivity contribution is -0.173. The average molecular weight is 429 g/mol. The molecule has 0 spiro atoms. The van der Waals surface area contributed by atoms with Crippen molar-refractivity contribution in [1.29, 1.82) is 0 Å². The maximum atomic E-state index is 12.9. The topological polar surface area (TPSA) is 69.7 Å². The molecule has 1 fully saturated rings. The summed E-state index contributed by atoms with van der Waals surface area (Å²) in [6.07, 6.45) is -4.51. The molecule has 2 aromatic rings. The Balaban J connectivity index is 1.51. The SMILES string of the molecule is O=C(NCCCN1CCN(S(=O)(=O)c2ccc3ccccc3c2)CC1)C(F)(F)F. The monoisotopic (exact) mass is 429 g/mol. The van der Waals surface area contributed by atoms with E-state index < -0.39 is 22.1 Å². The maximum absolute atomic E-state index is 12.9. The molecule has 0 unspecified atom stereocenters. The molecule has 1 N–H and O–H groups in total. The van der Waals surface area contributed by atoms with Crippen LogP contribution >= 0.6 is 0 Å². The zero-order valence-corrected chi connectivity index (χ0v) is 16.5. The minimum absolute atomic E-state index is 0.0755. The number of benzene rings is 2. The van der Waals surface area contributed by atoms with Crippen molar-refractivity contribution in [3.63, 3.8) is 0 Å². The summed E-state index contributed by atoms with van der Waals surface area (Å²) in [4.78, 5) is 13.0. The van der Waals surface area contributed by atoms with Crippen LogP contribution in [0, 0.1) is 0 Å². The van der Waals surface area contributed by atoms with Gasteiger partial charge in [-0.25, -0.2) is 8.42 Å². The first kappa shape index (κ1) is 21.5. The number of hydrogen-bond donors (Lipinski definition) is 1. The predicted molar refractivity (Wildman–Crippen MR) is 103 cm³/mol. The Labute approximate surface area is 167 Å². The summed E-state index contributed by atoms with van der Waals surface area (Å²) in [5.74, 6) is -1.94. The van der Waals surface area contributed by atoms with Gasteiger partial charge in [0, 0.05) is 32.7 Å². The Morgan fingerprint density at radius 3 is 2.31 bits per heavy atom. The highest BCUT2D eigenvalue weighted by Crippen LogP contribution is 2.23. The zero-order valence-electron chi connectivity index (χ0n) is 15.7. The second-order valence-corrected chi connectivity index (χ2v) is 8.80. The van der Waals surface area contributed by atoms with E-state index in [1.807, 2.05) is 34.5 Å². The molecule has 0 bridgehead atoms. The van der Waals surface area contributed by atoms with E-state index in [4.69, 9.17) is 0 Å². The quantitative estimate of drug-likeness (QED) is 0.715. The first-order chi connectivity index (χ1) is 13.7. The van der Waals surface area contributed by atoms with E-state index in [2.05, 4.69) is 0 Å². The molecule has 0 atom stereocenters. The second kappa shape index (κ2) is 8.68. The van der Waals surface area contributed by atoms with Crippen molar-refractivity contribution >= 4 is 26.7 Å². The van der Waals surface area contributed by atoms with Gasteiger partial charge in [0.1, 0.15) is 0 Å². The number of fused-ring (bicyclic) bond motifs is 1. The standard InChI is InChI=1S/C19H22F3N3O3S/c20-19(21,22)18(26)23-8-3-9-24-10-12-25(13-11-24)29(27,28)17-7-6-15-4-1-2-5-16(15)14-17/h1-2,4-7,14H,3,8-13H2,(H,23,26). The van der Waals surface area contributed by atoms with Crippen molar-refractivity contribution in [3.8, 4) is 0 Å². The highest BCUT2D eigenvalue weighted by Gasteiger charge is 2.38. The normalized spacial score (nSPS) is 16.8. The number of rotatable bonds is 6. The number of amides is 1. The van der Waals surface area contributed by atoms with Crippen LogP contribution in [-0.4, -0.2) is 69.0 Å². The number of sulfonamides is 1. The Hall–Kier alpha value is -2.17. The summed E-state index contributed by atoms with van der Waals surface area (Å²) in [5, 5.41) is 3.66. The van der Waals surface area contributed by atoms with Gasteiger partial charge < -0.3 is 10.2 Å². The summed E-state index contributed by atoms with van der Waals surface area (Å²) in [6, 6.07) is 12.6. The molecular weight excluding hydrogens is 407 g/mol. The van der Waals surface area contributed by atoms with Gasteiger partial charge in [0.05, 0.1) is 4.90 Å². The molecule has 1 saturated heterocycles. The molecule has 0 aromatic heterocycles. The molecule has 0 radical (unpaired) electrons. The van der Waals surface area contributed by atoms with Crippen LogP contribution < -0.4 is 5.32 Å². The number of piperazine rings is 1. The summed E-state index contributed by atoms with van der Waals surface area (Å²) in [7, 11) is -3.61. The Morgan fingerprint density at radius 2 is 1.66 bits per heavy atom. The molecule has 158 valence electrons. The average Bonchev–Trinajstić information content (AvgIpc) is 2.70. The fraction of sp³-hybridized carbons (Fsp3) is 0.421. The Bertz CT molecular complexity index is 971. The molecule has 10 heteroatoms. The number of nitrogens with one attached hydrogen (secondary N) is 1. The summed E-state index contributed by atoms with van der Waals surface area (Å²) in [5.41, 5.74) is 0. The minimum atomic E-state index is -4.87. The second-order valence-electron chi connectivity index (χ2n) is 6.86. The molecule has 0 saturated carbocycles. The van der Waals surface area contributed by atoms with E-state index >= 15 is 0 Å². The van der Waals surface area contributed by atoms with E-state index in [0.29, 0.717) is 39.1 Å². The van der Waals surface area contributed by atoms with Gasteiger partial charge in [0.15, 0.2) is 0 Å². The maximum Gasteiger partial charge on any atom is 0.471 e. The first-order valence-electron chi connectivity index (χ1n) is 9.24. The first-order valence-corrected chi connectivity index (χ1v) is 10.7. The number of carbonyl (C=O) groups is 1. The van der Waals surface area contributed by atoms with Crippen molar-refractivity contribution in [2.45, 2.75) is 17.5 Å². The van der Waals surface area contributed by atoms with Crippen molar-refractivity contribution in [1.82, 2.24) is 14.5 Å². The lowest BCUT2D eigenvalue weighted by Gasteiger charge is -2.34. The molecule has 0 aliphatic carbocycles. The van der Waals surface area contributed by atoms with E-state index in [1.54, 1.807) is 18.2 Å². The Morgan fingerprint density at radius 1 is 1.00 bits per heavy atom. The van der Waals surface area contributed by atoms with Crippen LogP contribution in [0.3, 0.4) is 0 Å². The molecule has 3 rings (SSSR count). The van der Waals surface area contributed by atoms with Crippen LogP contribution in [0.15, 0.2) is 47.4 Å². The summed E-state index contributed by atoms with van der Waals surface area (Å²) in [6.45, 7) is 2.00. The minimum Gasteiger partial charge on any atom is -0.348 e. The molecule has 1 amide bonds. The fourth-order valence-corrected chi connectivity index (χ4v) is 4.73. The number of alkyl halides is 3. The molecule has 1 aliphatic heterocycles. The number of hydrogen-bond acceptors (Lipinski definition) is 4. The van der Waals surface area contributed by atoms with E-state index in [9.17, 15) is 26.4 Å². The van der Waals surface area contributed by atoms with Crippen LogP contribution in [0.2, 0.25) is 0 Å². The lowest BCUT2D eigenvalue weighted by atomic mass is 10.1. The van der Waals surface area contributed by atoms with Crippen molar-refractivity contribution < 1.29 is 26.4 Å². The van der Waals surface area contributed by atoms with Crippen molar-refractivity contribution in [2.75, 3.05) is 39.3 Å². The summed E-state index contributed by atoms with van der Waals surface area (Å²) >= 11 is 0. The van der Waals surface area contributed by atoms with E-state index in [0.717, 1.165) is 10.8 Å². The smallest absolute Gasteiger partial charge is 0.348 e. The van der Waals surface area contributed by atoms with E-state index in [-0.39, 0.29) is 11.4 Å². The molecular formula is C19H22F3N3O3S. The van der Waals surface area contributed by atoms with E-state index in [1.165, 1.54) is 4.31 Å². The highest BCUT2D eigenvalue weighted by molar-refractivity contribution is 7.89. The van der Waals surface area contributed by atoms with Gasteiger partial charge in [0.25, 0.3) is 0 Å². The Kier molecular flexibility index (Phi) is 6.45. The molecule has 1 aliphatic rings. The molecule has 29 heavy (non-hydrogen) atoms. The number of carbonyl (C=O) groups excluding carboxylic acids is 1. The summed E-state index contributed by atoms with van der Waals surface area (Å²) < 4.78 is 63.7. The lowest BCUT2D eigenvalue weighted by Crippen LogP contribution is -2.49. The molecule has 6 nitrogen and oxygen atoms in total. The fourth-order valence-electron chi connectivity index (χ4n) is 3.28. The van der Waals surface area contributed by atoms with Gasteiger partial charge in [-0.1, -0.05) is 30.3 Å². The van der Waals surface area contributed by atoms with Gasteiger partial charge in [-0.15, -0.1) is 0 Å². The predicted octanol–water partition coefficient (Wildman–Crippen LogP) is 2.21. The van der Waals surface area contributed by atoms with Crippen LogP contribution in [0.4, 0.5) is 13.2 Å². The van der Waals surface area contributed by atoms with Crippen LogP contribution in [0.1, 0.15) is 6.42 Å². The van der Waals surface area contributed by atoms with Crippen LogP contribution in [0.25, 0.3) is 10.8 Å². The zero-order chi connectivity index (χ0) is 21.1. The van der Waals surface area contributed by atoms with Gasteiger partial charge in [-0.05, 0) is 35.9 Å². The number of nitrogens with zero attached hydrogens (tertiary/aromatic N) is 2. The van der Waals surface area contributed by atoms with Gasteiger partial charge in [0.2, 0.25) is 10.0 Å². The molecule has 2 aromatic carbocycles. The van der Waals surface area contributed by atoms with Crippen LogP contribution in [0.5, 0.6) is 0 Å². The molecule has 1 heterocycles. The van der Waals surface area contributed by atoms with Crippen molar-refractivity contribution in [2.24, 2.45) is 0 Å². The highest BCUT2D eigenvalue weighted by atomic mass is 32.2. The van der Waals surface area contributed by atoms with Gasteiger partial charge >= 0.3 is 12.1 Å². The van der Waals surface area contributed by atoms with Crippen LogP contribution in [-0.2, 0) is 14.8 Å².